The van der Waals surface area contributed by atoms with Gasteiger partial charge in [0.15, 0.2) is 5.69 Å². The highest BCUT2D eigenvalue weighted by Crippen LogP contribution is 2.29. The summed E-state index contributed by atoms with van der Waals surface area (Å²) in [7, 11) is 1.14. The number of alkyl halides is 3. The summed E-state index contributed by atoms with van der Waals surface area (Å²) in [5, 5.41) is 6.10. The second-order valence-electron chi connectivity index (χ2n) is 4.45. The number of benzene rings is 1. The van der Waals surface area contributed by atoms with Crippen LogP contribution in [-0.4, -0.2) is 15.7 Å². The predicted octanol–water partition coefficient (Wildman–Crippen LogP) is 3.76. The van der Waals surface area contributed by atoms with Gasteiger partial charge in [-0.15, -0.1) is 0 Å². The van der Waals surface area contributed by atoms with Crippen molar-refractivity contribution in [2.45, 2.75) is 13.1 Å². The highest BCUT2D eigenvalue weighted by molar-refractivity contribution is 9.10. The molecule has 0 bridgehead atoms. The third-order valence-electron chi connectivity index (χ3n) is 2.82. The van der Waals surface area contributed by atoms with Crippen molar-refractivity contribution in [3.05, 3.63) is 45.7 Å². The van der Waals surface area contributed by atoms with E-state index in [1.807, 2.05) is 6.92 Å². The van der Waals surface area contributed by atoms with Crippen molar-refractivity contribution in [2.75, 3.05) is 5.32 Å². The van der Waals surface area contributed by atoms with Gasteiger partial charge in [-0.2, -0.15) is 18.3 Å². The van der Waals surface area contributed by atoms with Crippen LogP contribution in [0.4, 0.5) is 18.9 Å². The van der Waals surface area contributed by atoms with Crippen LogP contribution >= 0.6 is 15.9 Å². The van der Waals surface area contributed by atoms with Gasteiger partial charge in [0.05, 0.1) is 0 Å². The van der Waals surface area contributed by atoms with Crippen molar-refractivity contribution in [2.24, 2.45) is 7.05 Å². The number of aromatic nitrogens is 2. The number of nitrogens with one attached hydrogen (secondary N) is 1. The molecule has 21 heavy (non-hydrogen) atoms. The molecule has 8 heteroatoms. The molecule has 1 N–H and O–H groups in total. The van der Waals surface area contributed by atoms with E-state index in [-0.39, 0.29) is 5.69 Å². The van der Waals surface area contributed by atoms with Crippen molar-refractivity contribution in [3.8, 4) is 0 Å². The number of halogens is 4. The lowest BCUT2D eigenvalue weighted by Gasteiger charge is -2.05. The molecule has 0 fully saturated rings. The topological polar surface area (TPSA) is 46.9 Å². The highest BCUT2D eigenvalue weighted by Gasteiger charge is 2.35. The normalized spacial score (nSPS) is 11.5. The first-order chi connectivity index (χ1) is 9.68. The summed E-state index contributed by atoms with van der Waals surface area (Å²) in [6, 6.07) is 5.81. The Morgan fingerprint density at radius 1 is 1.33 bits per heavy atom. The van der Waals surface area contributed by atoms with E-state index in [1.54, 1.807) is 18.2 Å². The van der Waals surface area contributed by atoms with Crippen molar-refractivity contribution in [3.63, 3.8) is 0 Å². The van der Waals surface area contributed by atoms with E-state index in [4.69, 9.17) is 0 Å². The lowest BCUT2D eigenvalue weighted by molar-refractivity contribution is -0.143. The monoisotopic (exact) mass is 361 g/mol. The average Bonchev–Trinajstić information content (AvgIpc) is 2.76. The molecule has 0 saturated heterocycles. The van der Waals surface area contributed by atoms with Gasteiger partial charge < -0.3 is 5.32 Å². The second-order valence-corrected chi connectivity index (χ2v) is 5.31. The summed E-state index contributed by atoms with van der Waals surface area (Å²) in [5.41, 5.74) is 0.120. The molecule has 0 unspecified atom stereocenters. The lowest BCUT2D eigenvalue weighted by Crippen LogP contribution is -2.13. The van der Waals surface area contributed by atoms with Crippen LogP contribution in [0.25, 0.3) is 0 Å². The molecule has 1 aromatic heterocycles. The fraction of sp³-hybridized carbons (Fsp3) is 0.231. The van der Waals surface area contributed by atoms with E-state index in [1.165, 1.54) is 0 Å². The summed E-state index contributed by atoms with van der Waals surface area (Å²) in [6.07, 6.45) is -4.55. The van der Waals surface area contributed by atoms with Gasteiger partial charge in [0, 0.05) is 23.3 Å². The van der Waals surface area contributed by atoms with Gasteiger partial charge in [-0.25, -0.2) is 0 Å². The van der Waals surface area contributed by atoms with Crippen molar-refractivity contribution in [1.29, 1.82) is 0 Å². The largest absolute Gasteiger partial charge is 0.433 e. The molecule has 0 spiro atoms. The number of anilines is 1. The van der Waals surface area contributed by atoms with E-state index in [2.05, 4.69) is 26.3 Å². The van der Waals surface area contributed by atoms with Gasteiger partial charge in [-0.3, -0.25) is 9.48 Å². The van der Waals surface area contributed by atoms with E-state index in [0.717, 1.165) is 23.2 Å². The Morgan fingerprint density at radius 3 is 2.52 bits per heavy atom. The predicted molar refractivity (Wildman–Crippen MR) is 75.0 cm³/mol. The number of aryl methyl sites for hydroxylation is 2. The Balaban J connectivity index is 2.23. The maximum absolute atomic E-state index is 12.7. The molecule has 112 valence electrons. The molecule has 2 rings (SSSR count). The van der Waals surface area contributed by atoms with Crippen LogP contribution in [-0.2, 0) is 13.2 Å². The molecule has 0 radical (unpaired) electrons. The number of carbonyl (C=O) groups is 1. The molecular weight excluding hydrogens is 351 g/mol. The Bertz CT molecular complexity index is 694. The summed E-state index contributed by atoms with van der Waals surface area (Å²) in [6.45, 7) is 1.84. The molecule has 1 amide bonds. The number of nitrogens with zero attached hydrogens (tertiary/aromatic N) is 2. The van der Waals surface area contributed by atoms with Crippen LogP contribution in [0.2, 0.25) is 0 Å². The minimum Gasteiger partial charge on any atom is -0.321 e. The zero-order valence-electron chi connectivity index (χ0n) is 11.1. The van der Waals surface area contributed by atoms with Crippen LogP contribution in [0.3, 0.4) is 0 Å². The maximum Gasteiger partial charge on any atom is 0.433 e. The summed E-state index contributed by atoms with van der Waals surface area (Å²) in [4.78, 5) is 11.9. The fourth-order valence-corrected chi connectivity index (χ4v) is 2.01. The quantitative estimate of drug-likeness (QED) is 0.884. The standard InChI is InChI=1S/C13H11BrF3N3O/c1-7-5-8(3-4-9(7)14)18-12(21)10-6-11(13(15,16)17)20(2)19-10/h3-6H,1-2H3,(H,18,21). The van der Waals surface area contributed by atoms with Gasteiger partial charge in [0.25, 0.3) is 5.91 Å². The van der Waals surface area contributed by atoms with Crippen LogP contribution < -0.4 is 5.32 Å². The minimum atomic E-state index is -4.55. The molecule has 1 heterocycles. The van der Waals surface area contributed by atoms with Gasteiger partial charge in [-0.1, -0.05) is 15.9 Å². The van der Waals surface area contributed by atoms with E-state index in [9.17, 15) is 18.0 Å². The molecule has 0 aliphatic rings. The molecule has 0 aliphatic heterocycles. The van der Waals surface area contributed by atoms with Crippen LogP contribution in [0.15, 0.2) is 28.7 Å². The average molecular weight is 362 g/mol. The first-order valence-corrected chi connectivity index (χ1v) is 6.66. The Hall–Kier alpha value is -1.83. The maximum atomic E-state index is 12.7. The Morgan fingerprint density at radius 2 is 2.00 bits per heavy atom. The van der Waals surface area contributed by atoms with E-state index in [0.29, 0.717) is 10.4 Å². The molecule has 2 aromatic rings. The Kier molecular flexibility index (Phi) is 4.08. The van der Waals surface area contributed by atoms with Crippen molar-refractivity contribution < 1.29 is 18.0 Å². The summed E-state index contributed by atoms with van der Waals surface area (Å²) >= 11 is 3.32. The summed E-state index contributed by atoms with van der Waals surface area (Å²) < 4.78 is 39.5. The molecular formula is C13H11BrF3N3O. The first-order valence-electron chi connectivity index (χ1n) is 5.87. The van der Waals surface area contributed by atoms with E-state index >= 15 is 0 Å². The third-order valence-corrected chi connectivity index (χ3v) is 3.71. The van der Waals surface area contributed by atoms with Crippen molar-refractivity contribution in [1.82, 2.24) is 9.78 Å². The lowest BCUT2D eigenvalue weighted by atomic mass is 10.2. The highest BCUT2D eigenvalue weighted by atomic mass is 79.9. The fourth-order valence-electron chi connectivity index (χ4n) is 1.76. The van der Waals surface area contributed by atoms with Crippen LogP contribution in [0.5, 0.6) is 0 Å². The van der Waals surface area contributed by atoms with Gasteiger partial charge >= 0.3 is 6.18 Å². The zero-order valence-corrected chi connectivity index (χ0v) is 12.7. The molecule has 0 aliphatic carbocycles. The third kappa shape index (κ3) is 3.44. The van der Waals surface area contributed by atoms with Gasteiger partial charge in [-0.05, 0) is 30.7 Å². The van der Waals surface area contributed by atoms with Gasteiger partial charge in [0.2, 0.25) is 0 Å². The number of amides is 1. The van der Waals surface area contributed by atoms with Crippen LogP contribution in [0, 0.1) is 6.92 Å². The number of hydrogen-bond acceptors (Lipinski definition) is 2. The number of carbonyl (C=O) groups excluding carboxylic acids is 1. The molecule has 0 atom stereocenters. The minimum absolute atomic E-state index is 0.287. The second kappa shape index (κ2) is 5.51. The molecule has 1 aromatic carbocycles. The van der Waals surface area contributed by atoms with Gasteiger partial charge in [0.1, 0.15) is 5.69 Å². The van der Waals surface area contributed by atoms with E-state index < -0.39 is 17.8 Å². The zero-order chi connectivity index (χ0) is 15.8. The SMILES string of the molecule is Cc1cc(NC(=O)c2cc(C(F)(F)F)n(C)n2)ccc1Br. The van der Waals surface area contributed by atoms with Crippen LogP contribution in [0.1, 0.15) is 21.7 Å². The Labute approximate surface area is 127 Å². The number of rotatable bonds is 2. The summed E-state index contributed by atoms with van der Waals surface area (Å²) in [5.74, 6) is -0.692. The molecule has 0 saturated carbocycles. The smallest absolute Gasteiger partial charge is 0.321 e. The number of hydrogen-bond donors (Lipinski definition) is 1. The first kappa shape index (κ1) is 15.6. The molecule has 4 nitrogen and oxygen atoms in total. The van der Waals surface area contributed by atoms with Crippen molar-refractivity contribution >= 4 is 27.5 Å².